The first-order valence-electron chi connectivity index (χ1n) is 7.66. The van der Waals surface area contributed by atoms with Gasteiger partial charge in [-0.1, -0.05) is 6.07 Å². The summed E-state index contributed by atoms with van der Waals surface area (Å²) in [5.74, 6) is 0.749. The van der Waals surface area contributed by atoms with Crippen LogP contribution in [0.2, 0.25) is 0 Å². The molecule has 24 heavy (non-hydrogen) atoms. The Kier molecular flexibility index (Phi) is 3.76. The minimum absolute atomic E-state index is 0.347. The minimum atomic E-state index is -0.347. The molecule has 1 aliphatic rings. The van der Waals surface area contributed by atoms with Gasteiger partial charge in [0, 0.05) is 12.4 Å². The molecule has 0 spiro atoms. The third-order valence-corrected chi connectivity index (χ3v) is 3.84. The molecule has 7 nitrogen and oxygen atoms in total. The standard InChI is InChI=1S/C17H14N6O/c24-17-12-2-1-3-13-15(12)16(22-23-17)21-14(20-13)10-19-9-6-11-4-7-18-8-5-11/h1-5,7-8,19H,6,9-10H2. The molecule has 3 heterocycles. The van der Waals surface area contributed by atoms with Crippen molar-refractivity contribution in [3.63, 3.8) is 0 Å². The molecule has 118 valence electrons. The summed E-state index contributed by atoms with van der Waals surface area (Å²) in [6.07, 6.45) is 4.48. The molecule has 1 N–H and O–H groups in total. The van der Waals surface area contributed by atoms with E-state index < -0.39 is 0 Å². The molecule has 7 heteroatoms. The third-order valence-electron chi connectivity index (χ3n) is 3.84. The van der Waals surface area contributed by atoms with Gasteiger partial charge in [0.2, 0.25) is 0 Å². The zero-order valence-electron chi connectivity index (χ0n) is 12.8. The van der Waals surface area contributed by atoms with Crippen LogP contribution in [0.25, 0.3) is 10.9 Å². The maximum atomic E-state index is 11.8. The first-order valence-corrected chi connectivity index (χ1v) is 7.66. The Morgan fingerprint density at radius 3 is 2.75 bits per heavy atom. The Morgan fingerprint density at radius 2 is 1.88 bits per heavy atom. The van der Waals surface area contributed by atoms with Gasteiger partial charge in [-0.25, -0.2) is 9.97 Å². The number of carbonyl (C=O) groups excluding carboxylic acids is 1. The van der Waals surface area contributed by atoms with E-state index >= 15 is 0 Å². The van der Waals surface area contributed by atoms with Crippen molar-refractivity contribution in [3.05, 3.63) is 59.7 Å². The summed E-state index contributed by atoms with van der Waals surface area (Å²) in [7, 11) is 0. The van der Waals surface area contributed by atoms with E-state index in [4.69, 9.17) is 0 Å². The van der Waals surface area contributed by atoms with Crippen LogP contribution >= 0.6 is 0 Å². The van der Waals surface area contributed by atoms with Gasteiger partial charge in [-0.15, -0.1) is 10.2 Å². The minimum Gasteiger partial charge on any atom is -0.310 e. The Labute approximate surface area is 137 Å². The van der Waals surface area contributed by atoms with Crippen LogP contribution in [0.15, 0.2) is 53.0 Å². The zero-order chi connectivity index (χ0) is 16.4. The van der Waals surface area contributed by atoms with Crippen molar-refractivity contribution in [1.29, 1.82) is 0 Å². The molecule has 3 aromatic rings. The van der Waals surface area contributed by atoms with Crippen LogP contribution in [0.1, 0.15) is 21.7 Å². The van der Waals surface area contributed by atoms with E-state index in [1.165, 1.54) is 5.56 Å². The molecular weight excluding hydrogens is 304 g/mol. The molecule has 0 atom stereocenters. The molecule has 1 amide bonds. The van der Waals surface area contributed by atoms with E-state index in [1.807, 2.05) is 18.2 Å². The summed E-state index contributed by atoms with van der Waals surface area (Å²) in [4.78, 5) is 24.7. The van der Waals surface area contributed by atoms with Crippen LogP contribution in [0, 0.1) is 0 Å². The second kappa shape index (κ2) is 6.21. The fourth-order valence-corrected chi connectivity index (χ4v) is 2.67. The predicted octanol–water partition coefficient (Wildman–Crippen LogP) is 2.59. The SMILES string of the molecule is O=C1N=Nc2nc(CNCCc3ccncc3)nc3cccc1c23. The number of nitrogens with zero attached hydrogens (tertiary/aromatic N) is 5. The van der Waals surface area contributed by atoms with Crippen molar-refractivity contribution < 1.29 is 4.79 Å². The summed E-state index contributed by atoms with van der Waals surface area (Å²) in [5.41, 5.74) is 2.45. The van der Waals surface area contributed by atoms with E-state index in [0.717, 1.165) is 18.5 Å². The highest BCUT2D eigenvalue weighted by Gasteiger charge is 2.19. The average Bonchev–Trinajstić information content (AvgIpc) is 2.63. The molecule has 1 aromatic carbocycles. The molecule has 2 aromatic heterocycles. The Morgan fingerprint density at radius 1 is 1.00 bits per heavy atom. The van der Waals surface area contributed by atoms with Crippen LogP contribution in [0.3, 0.4) is 0 Å². The van der Waals surface area contributed by atoms with Crippen molar-refractivity contribution in [2.75, 3.05) is 6.54 Å². The summed E-state index contributed by atoms with van der Waals surface area (Å²) in [6.45, 7) is 1.34. The number of nitrogens with one attached hydrogen (secondary N) is 1. The fraction of sp³-hybridized carbons (Fsp3) is 0.176. The number of carbonyl (C=O) groups is 1. The van der Waals surface area contributed by atoms with Crippen molar-refractivity contribution in [3.8, 4) is 0 Å². The highest BCUT2D eigenvalue weighted by molar-refractivity contribution is 6.11. The number of pyridine rings is 1. The van der Waals surface area contributed by atoms with E-state index in [9.17, 15) is 4.79 Å². The van der Waals surface area contributed by atoms with Crippen molar-refractivity contribution >= 4 is 22.6 Å². The Balaban J connectivity index is 1.50. The van der Waals surface area contributed by atoms with Gasteiger partial charge in [0.15, 0.2) is 5.82 Å². The maximum Gasteiger partial charge on any atom is 0.296 e. The van der Waals surface area contributed by atoms with Gasteiger partial charge in [-0.05, 0) is 42.8 Å². The van der Waals surface area contributed by atoms with Gasteiger partial charge in [0.25, 0.3) is 5.91 Å². The summed E-state index contributed by atoms with van der Waals surface area (Å²) in [5, 5.41) is 11.6. The van der Waals surface area contributed by atoms with Crippen LogP contribution in [0.5, 0.6) is 0 Å². The Hall–Kier alpha value is -3.06. The molecule has 1 aliphatic heterocycles. The molecule has 0 bridgehead atoms. The van der Waals surface area contributed by atoms with Gasteiger partial charge in [0.05, 0.1) is 23.0 Å². The molecule has 0 aliphatic carbocycles. The normalized spacial score (nSPS) is 12.8. The summed E-state index contributed by atoms with van der Waals surface area (Å²) in [6, 6.07) is 9.38. The average molecular weight is 318 g/mol. The number of amides is 1. The molecule has 0 radical (unpaired) electrons. The monoisotopic (exact) mass is 318 g/mol. The van der Waals surface area contributed by atoms with E-state index in [2.05, 4.69) is 30.5 Å². The highest BCUT2D eigenvalue weighted by atomic mass is 16.1. The quantitative estimate of drug-likeness (QED) is 0.730. The molecule has 0 unspecified atom stereocenters. The number of hydrogen-bond acceptors (Lipinski definition) is 6. The summed E-state index contributed by atoms with van der Waals surface area (Å²) < 4.78 is 0. The number of aromatic nitrogens is 3. The second-order valence-corrected chi connectivity index (χ2v) is 5.45. The molecule has 0 saturated carbocycles. The van der Waals surface area contributed by atoms with Crippen LogP contribution < -0.4 is 5.32 Å². The first kappa shape index (κ1) is 14.5. The lowest BCUT2D eigenvalue weighted by Crippen LogP contribution is -2.18. The zero-order valence-corrected chi connectivity index (χ0v) is 12.8. The lowest BCUT2D eigenvalue weighted by molar-refractivity contribution is 0.0995. The fourth-order valence-electron chi connectivity index (χ4n) is 2.67. The largest absolute Gasteiger partial charge is 0.310 e. The van der Waals surface area contributed by atoms with E-state index in [0.29, 0.717) is 29.1 Å². The summed E-state index contributed by atoms with van der Waals surface area (Å²) >= 11 is 0. The number of rotatable bonds is 5. The van der Waals surface area contributed by atoms with Gasteiger partial charge in [-0.2, -0.15) is 0 Å². The molecule has 0 saturated heterocycles. The second-order valence-electron chi connectivity index (χ2n) is 5.45. The third kappa shape index (κ3) is 2.77. The molecular formula is C17H14N6O. The van der Waals surface area contributed by atoms with Crippen molar-refractivity contribution in [1.82, 2.24) is 20.3 Å². The van der Waals surface area contributed by atoms with Crippen molar-refractivity contribution in [2.45, 2.75) is 13.0 Å². The highest BCUT2D eigenvalue weighted by Crippen LogP contribution is 2.30. The predicted molar refractivity (Wildman–Crippen MR) is 88.0 cm³/mol. The molecule has 0 fully saturated rings. The Bertz CT molecular complexity index is 938. The topological polar surface area (TPSA) is 92.5 Å². The van der Waals surface area contributed by atoms with Crippen LogP contribution in [-0.4, -0.2) is 27.4 Å². The number of azo groups is 1. The van der Waals surface area contributed by atoms with E-state index in [1.54, 1.807) is 24.5 Å². The van der Waals surface area contributed by atoms with Gasteiger partial charge >= 0.3 is 0 Å². The lowest BCUT2D eigenvalue weighted by atomic mass is 10.1. The van der Waals surface area contributed by atoms with Gasteiger partial charge in [-0.3, -0.25) is 9.78 Å². The lowest BCUT2D eigenvalue weighted by Gasteiger charge is -2.10. The molecule has 4 rings (SSSR count). The first-order chi connectivity index (χ1) is 11.8. The van der Waals surface area contributed by atoms with Gasteiger partial charge in [0.1, 0.15) is 5.82 Å². The van der Waals surface area contributed by atoms with Crippen molar-refractivity contribution in [2.24, 2.45) is 10.2 Å². The van der Waals surface area contributed by atoms with Crippen LogP contribution in [0.4, 0.5) is 5.82 Å². The number of benzene rings is 1. The van der Waals surface area contributed by atoms with Gasteiger partial charge < -0.3 is 5.32 Å². The smallest absolute Gasteiger partial charge is 0.296 e. The van der Waals surface area contributed by atoms with E-state index in [-0.39, 0.29) is 5.91 Å². The van der Waals surface area contributed by atoms with Crippen LogP contribution in [-0.2, 0) is 13.0 Å². The maximum absolute atomic E-state index is 11.8. The number of hydrogen-bond donors (Lipinski definition) is 1.